The second-order valence-electron chi connectivity index (χ2n) is 14.0. The molecule has 6 rings (SSSR count). The van der Waals surface area contributed by atoms with Crippen molar-refractivity contribution >= 4 is 50.9 Å². The Hall–Kier alpha value is -5.23. The van der Waals surface area contributed by atoms with Gasteiger partial charge in [-0.1, -0.05) is 6.07 Å². The minimum atomic E-state index is -3.69. The van der Waals surface area contributed by atoms with Gasteiger partial charge in [0, 0.05) is 80.9 Å². The Morgan fingerprint density at radius 3 is 2.34 bits per heavy atom. The minimum Gasteiger partial charge on any atom is -0.492 e. The van der Waals surface area contributed by atoms with Crippen molar-refractivity contribution in [3.05, 3.63) is 78.1 Å². The molecule has 2 aromatic heterocycles. The van der Waals surface area contributed by atoms with Crippen molar-refractivity contribution in [3.63, 3.8) is 0 Å². The Bertz CT molecular complexity index is 2010. The molecule has 4 N–H and O–H groups in total. The highest BCUT2D eigenvalue weighted by molar-refractivity contribution is 7.89. The number of sulfonamides is 1. The van der Waals surface area contributed by atoms with Crippen molar-refractivity contribution in [2.45, 2.75) is 51.1 Å². The van der Waals surface area contributed by atoms with Gasteiger partial charge in [0.05, 0.1) is 10.6 Å². The largest absolute Gasteiger partial charge is 0.492 e. The molecular weight excluding hydrogens is 699 g/mol. The summed E-state index contributed by atoms with van der Waals surface area (Å²) in [6, 6.07) is 17.4. The smallest absolute Gasteiger partial charge is 0.329 e. The van der Waals surface area contributed by atoms with Gasteiger partial charge in [-0.15, -0.1) is 5.10 Å². The Balaban J connectivity index is 0.933. The molecule has 0 aliphatic carbocycles. The van der Waals surface area contributed by atoms with Gasteiger partial charge in [0.25, 0.3) is 0 Å². The van der Waals surface area contributed by atoms with Crippen LogP contribution in [0.25, 0.3) is 0 Å². The first kappa shape index (κ1) is 37.5. The van der Waals surface area contributed by atoms with E-state index in [4.69, 9.17) is 4.74 Å². The molecule has 0 saturated carbocycles. The highest BCUT2D eigenvalue weighted by Crippen LogP contribution is 2.25. The van der Waals surface area contributed by atoms with E-state index in [0.717, 1.165) is 55.4 Å². The van der Waals surface area contributed by atoms with Gasteiger partial charge in [-0.2, -0.15) is 10.1 Å². The number of piperazine rings is 1. The van der Waals surface area contributed by atoms with Crippen LogP contribution >= 0.6 is 0 Å². The van der Waals surface area contributed by atoms with Crippen LogP contribution in [0.5, 0.6) is 5.75 Å². The average molecular weight is 744 g/mol. The molecular formula is C36H45N11O5S. The molecule has 53 heavy (non-hydrogen) atoms. The molecule has 280 valence electrons. The number of benzene rings is 2. The monoisotopic (exact) mass is 743 g/mol. The van der Waals surface area contributed by atoms with Crippen molar-refractivity contribution in [1.29, 1.82) is 0 Å². The topological polar surface area (TPSA) is 187 Å². The molecule has 0 spiro atoms. The first-order chi connectivity index (χ1) is 25.3. The fourth-order valence-electron chi connectivity index (χ4n) is 5.79. The van der Waals surface area contributed by atoms with Crippen LogP contribution in [0.3, 0.4) is 0 Å². The van der Waals surface area contributed by atoms with Crippen LogP contribution in [-0.2, 0) is 21.4 Å². The molecule has 16 nitrogen and oxygen atoms in total. The summed E-state index contributed by atoms with van der Waals surface area (Å²) >= 11 is 0. The summed E-state index contributed by atoms with van der Waals surface area (Å²) in [5.41, 5.74) is 2.39. The van der Waals surface area contributed by atoms with Crippen LogP contribution in [-0.4, -0.2) is 102 Å². The normalized spacial score (nSPS) is 16.0. The van der Waals surface area contributed by atoms with Crippen LogP contribution in [0.1, 0.15) is 38.4 Å². The number of carbonyl (C=O) groups is 2. The number of hydrogen-bond acceptors (Lipinski definition) is 13. The third-order valence-electron chi connectivity index (χ3n) is 8.49. The maximum atomic E-state index is 12.8. The number of hydrogen-bond donors (Lipinski definition) is 4. The van der Waals surface area contributed by atoms with Gasteiger partial charge in [-0.05, 0) is 82.3 Å². The summed E-state index contributed by atoms with van der Waals surface area (Å²) in [6.45, 7) is 13.2. The highest BCUT2D eigenvalue weighted by Gasteiger charge is 2.26. The number of nitrogens with zero attached hydrogens (tertiary/aromatic N) is 7. The summed E-state index contributed by atoms with van der Waals surface area (Å²) in [5, 5.41) is 17.3. The third kappa shape index (κ3) is 10.4. The Labute approximate surface area is 309 Å². The second kappa shape index (κ2) is 16.2. The number of nitrogens with one attached hydrogen (secondary N) is 4. The van der Waals surface area contributed by atoms with Crippen LogP contribution in [0, 0.1) is 6.92 Å². The average Bonchev–Trinajstić information content (AvgIpc) is 3.11. The first-order valence-electron chi connectivity index (χ1n) is 17.4. The number of imide groups is 1. The zero-order valence-corrected chi connectivity index (χ0v) is 31.1. The number of aromatic nitrogens is 4. The molecule has 3 amide bonds. The summed E-state index contributed by atoms with van der Waals surface area (Å²) < 4.78 is 34.4. The van der Waals surface area contributed by atoms with Crippen LogP contribution in [0.15, 0.2) is 71.8 Å². The first-order valence-corrected chi connectivity index (χ1v) is 18.9. The zero-order valence-electron chi connectivity index (χ0n) is 30.3. The molecule has 2 saturated heterocycles. The van der Waals surface area contributed by atoms with Gasteiger partial charge in [0.15, 0.2) is 5.82 Å². The van der Waals surface area contributed by atoms with Crippen molar-refractivity contribution in [3.8, 4) is 5.75 Å². The number of ether oxygens (including phenoxy) is 1. The summed E-state index contributed by atoms with van der Waals surface area (Å²) in [4.78, 5) is 38.8. The number of rotatable bonds is 13. The van der Waals surface area contributed by atoms with Gasteiger partial charge in [0.2, 0.25) is 21.9 Å². The number of carbonyl (C=O) groups excluding carboxylic acids is 2. The van der Waals surface area contributed by atoms with E-state index in [1.54, 1.807) is 57.3 Å². The molecule has 4 aromatic rings. The summed E-state index contributed by atoms with van der Waals surface area (Å²) in [6.07, 6.45) is 1.94. The third-order valence-corrected chi connectivity index (χ3v) is 10.2. The quantitative estimate of drug-likeness (QED) is 0.155. The SMILES string of the molecule is Cc1cnc(Nc2ccc(OCCN3CCN(Cc4ccc(N5CCC(=O)NC5=O)nn4)CC3)cc2)nc1Nc1cccc(S(=O)(=O)NC(C)(C)C)c1. The molecule has 0 bridgehead atoms. The molecule has 4 heterocycles. The van der Waals surface area contributed by atoms with E-state index < -0.39 is 21.6 Å². The standard InChI is InChI=1S/C36H45N11O5S/c1-25-23-37-34(41-33(25)38-27-6-5-7-30(22-27)53(50,51)44-36(2,3)4)39-26-8-11-29(12-9-26)52-21-20-45-16-18-46(19-17-45)24-28-10-13-31(43-42-28)47-15-14-32(48)40-35(47)49/h5-13,22-23,44H,14-21,24H2,1-4H3,(H,40,48,49)(H2,37,38,39,41). The van der Waals surface area contributed by atoms with Gasteiger partial charge in [-0.3, -0.25) is 24.8 Å². The van der Waals surface area contributed by atoms with Crippen molar-refractivity contribution < 1.29 is 22.7 Å². The Morgan fingerprint density at radius 1 is 0.887 bits per heavy atom. The van der Waals surface area contributed by atoms with E-state index in [1.165, 1.54) is 4.90 Å². The van der Waals surface area contributed by atoms with Crippen LogP contribution in [0.2, 0.25) is 0 Å². The maximum Gasteiger partial charge on any atom is 0.329 e. The van der Waals surface area contributed by atoms with E-state index >= 15 is 0 Å². The van der Waals surface area contributed by atoms with E-state index in [-0.39, 0.29) is 17.2 Å². The lowest BCUT2D eigenvalue weighted by Gasteiger charge is -2.34. The molecule has 2 aromatic carbocycles. The van der Waals surface area contributed by atoms with Gasteiger partial charge >= 0.3 is 6.03 Å². The van der Waals surface area contributed by atoms with Gasteiger partial charge in [0.1, 0.15) is 18.2 Å². The maximum absolute atomic E-state index is 12.8. The van der Waals surface area contributed by atoms with Gasteiger partial charge in [-0.25, -0.2) is 22.9 Å². The highest BCUT2D eigenvalue weighted by atomic mass is 32.2. The van der Waals surface area contributed by atoms with Crippen molar-refractivity contribution in [2.24, 2.45) is 0 Å². The Kier molecular flexibility index (Phi) is 11.5. The van der Waals surface area contributed by atoms with Crippen LogP contribution < -0.4 is 30.3 Å². The predicted octanol–water partition coefficient (Wildman–Crippen LogP) is 3.78. The minimum absolute atomic E-state index is 0.159. The lowest BCUT2D eigenvalue weighted by molar-refractivity contribution is -0.120. The molecule has 17 heteroatoms. The zero-order chi connectivity index (χ0) is 37.6. The second-order valence-corrected chi connectivity index (χ2v) is 15.7. The van der Waals surface area contributed by atoms with E-state index in [9.17, 15) is 18.0 Å². The van der Waals surface area contributed by atoms with Crippen molar-refractivity contribution in [2.75, 3.05) is 61.4 Å². The summed E-state index contributed by atoms with van der Waals surface area (Å²) in [7, 11) is -3.69. The van der Waals surface area contributed by atoms with E-state index in [1.807, 2.05) is 37.3 Å². The summed E-state index contributed by atoms with van der Waals surface area (Å²) in [5.74, 6) is 1.85. The van der Waals surface area contributed by atoms with Gasteiger partial charge < -0.3 is 15.4 Å². The number of anilines is 5. The number of aryl methyl sites for hydroxylation is 1. The van der Waals surface area contributed by atoms with Crippen molar-refractivity contribution in [1.82, 2.24) is 40.0 Å². The van der Waals surface area contributed by atoms with Crippen LogP contribution in [0.4, 0.5) is 33.8 Å². The van der Waals surface area contributed by atoms with E-state index in [2.05, 4.69) is 50.6 Å². The molecule has 0 radical (unpaired) electrons. The number of amides is 3. The fraction of sp³-hybridized carbons (Fsp3) is 0.389. The molecule has 2 aliphatic rings. The lowest BCUT2D eigenvalue weighted by atomic mass is 10.1. The predicted molar refractivity (Wildman–Crippen MR) is 201 cm³/mol. The molecule has 2 aliphatic heterocycles. The Morgan fingerprint density at radius 2 is 1.64 bits per heavy atom. The molecule has 2 fully saturated rings. The number of urea groups is 1. The lowest BCUT2D eigenvalue weighted by Crippen LogP contribution is -2.50. The molecule has 0 atom stereocenters. The van der Waals surface area contributed by atoms with E-state index in [0.29, 0.717) is 43.0 Å². The fourth-order valence-corrected chi connectivity index (χ4v) is 7.25. The molecule has 0 unspecified atom stereocenters.